The Balaban J connectivity index is 2.80. The number of rotatable bonds is 4. The first-order valence-corrected chi connectivity index (χ1v) is 7.39. The molecule has 20 heavy (non-hydrogen) atoms. The summed E-state index contributed by atoms with van der Waals surface area (Å²) in [6.45, 7) is 7.33. The number of nitrogens with zero attached hydrogens (tertiary/aromatic N) is 2. The van der Waals surface area contributed by atoms with Crippen LogP contribution in [0.25, 0.3) is 0 Å². The number of hydrogen-bond acceptors (Lipinski definition) is 3. The average Bonchev–Trinajstić information content (AvgIpc) is 2.81. The highest BCUT2D eigenvalue weighted by atomic mass is 16.2. The van der Waals surface area contributed by atoms with Gasteiger partial charge in [0, 0.05) is 27.2 Å². The molecule has 1 fully saturated rings. The Hall–Kier alpha value is -1.10. The third kappa shape index (κ3) is 4.20. The first-order valence-electron chi connectivity index (χ1n) is 7.39. The monoisotopic (exact) mass is 283 g/mol. The zero-order chi connectivity index (χ0) is 15.5. The van der Waals surface area contributed by atoms with Gasteiger partial charge in [-0.25, -0.2) is 0 Å². The van der Waals surface area contributed by atoms with E-state index in [0.717, 1.165) is 19.3 Å². The van der Waals surface area contributed by atoms with Gasteiger partial charge in [-0.1, -0.05) is 20.8 Å². The van der Waals surface area contributed by atoms with Crippen molar-refractivity contribution in [3.05, 3.63) is 0 Å². The molecule has 0 aromatic carbocycles. The van der Waals surface area contributed by atoms with Crippen LogP contribution in [0, 0.1) is 11.3 Å². The molecule has 116 valence electrons. The number of carbonyl (C=O) groups is 2. The van der Waals surface area contributed by atoms with Crippen LogP contribution in [-0.4, -0.2) is 54.8 Å². The van der Waals surface area contributed by atoms with Crippen LogP contribution in [-0.2, 0) is 9.59 Å². The van der Waals surface area contributed by atoms with E-state index >= 15 is 0 Å². The molecule has 2 atom stereocenters. The van der Waals surface area contributed by atoms with Crippen molar-refractivity contribution < 1.29 is 9.59 Å². The summed E-state index contributed by atoms with van der Waals surface area (Å²) >= 11 is 0. The molecule has 0 radical (unpaired) electrons. The Bertz CT molecular complexity index is 361. The van der Waals surface area contributed by atoms with E-state index in [9.17, 15) is 9.59 Å². The van der Waals surface area contributed by atoms with Gasteiger partial charge in [0.1, 0.15) is 6.04 Å². The zero-order valence-corrected chi connectivity index (χ0v) is 13.5. The highest BCUT2D eigenvalue weighted by Gasteiger charge is 2.38. The molecule has 5 heteroatoms. The fourth-order valence-electron chi connectivity index (χ4n) is 2.83. The molecular formula is C15H29N3O2. The van der Waals surface area contributed by atoms with Gasteiger partial charge in [0.2, 0.25) is 11.8 Å². The Kier molecular flexibility index (Phi) is 5.57. The fraction of sp³-hybridized carbons (Fsp3) is 0.867. The van der Waals surface area contributed by atoms with Gasteiger partial charge in [0.05, 0.1) is 5.92 Å². The fourth-order valence-corrected chi connectivity index (χ4v) is 2.83. The van der Waals surface area contributed by atoms with E-state index in [1.807, 2.05) is 0 Å². The van der Waals surface area contributed by atoms with Crippen molar-refractivity contribution in [3.8, 4) is 0 Å². The molecule has 1 saturated heterocycles. The maximum Gasteiger partial charge on any atom is 0.244 e. The molecule has 1 aliphatic heterocycles. The van der Waals surface area contributed by atoms with Gasteiger partial charge in [-0.2, -0.15) is 0 Å². The van der Waals surface area contributed by atoms with E-state index in [-0.39, 0.29) is 29.2 Å². The van der Waals surface area contributed by atoms with Crippen molar-refractivity contribution in [1.29, 1.82) is 0 Å². The van der Waals surface area contributed by atoms with E-state index in [1.54, 1.807) is 23.9 Å². The maximum atomic E-state index is 12.7. The van der Waals surface area contributed by atoms with E-state index in [0.29, 0.717) is 13.1 Å². The minimum absolute atomic E-state index is 0.0161. The molecule has 0 aromatic rings. The van der Waals surface area contributed by atoms with Crippen LogP contribution < -0.4 is 5.73 Å². The predicted molar refractivity (Wildman–Crippen MR) is 80.0 cm³/mol. The summed E-state index contributed by atoms with van der Waals surface area (Å²) in [4.78, 5) is 28.1. The quantitative estimate of drug-likeness (QED) is 0.839. The third-order valence-corrected chi connectivity index (χ3v) is 3.75. The van der Waals surface area contributed by atoms with E-state index < -0.39 is 0 Å². The van der Waals surface area contributed by atoms with Crippen molar-refractivity contribution in [2.45, 2.75) is 46.1 Å². The summed E-state index contributed by atoms with van der Waals surface area (Å²) in [5.74, 6) is -0.131. The van der Waals surface area contributed by atoms with Crippen LogP contribution in [0.5, 0.6) is 0 Å². The SMILES string of the molecule is CN(C)C(=O)C1CCCN1C(=O)C(CN)CC(C)(C)C. The molecule has 2 unspecified atom stereocenters. The molecule has 0 saturated carbocycles. The molecule has 0 aliphatic carbocycles. The van der Waals surface area contributed by atoms with Crippen LogP contribution in [0.15, 0.2) is 0 Å². The number of likely N-dealkylation sites (N-methyl/N-ethyl adjacent to an activating group) is 1. The number of amides is 2. The lowest BCUT2D eigenvalue weighted by atomic mass is 9.84. The lowest BCUT2D eigenvalue weighted by Crippen LogP contribution is -2.49. The smallest absolute Gasteiger partial charge is 0.244 e. The molecule has 0 aromatic heterocycles. The van der Waals surface area contributed by atoms with Gasteiger partial charge in [-0.15, -0.1) is 0 Å². The van der Waals surface area contributed by atoms with Gasteiger partial charge in [-0.3, -0.25) is 9.59 Å². The summed E-state index contributed by atoms with van der Waals surface area (Å²) in [5.41, 5.74) is 5.84. The van der Waals surface area contributed by atoms with Crippen LogP contribution >= 0.6 is 0 Å². The molecular weight excluding hydrogens is 254 g/mol. The van der Waals surface area contributed by atoms with Crippen LogP contribution in [0.3, 0.4) is 0 Å². The Morgan fingerprint density at radius 2 is 1.95 bits per heavy atom. The number of hydrogen-bond donors (Lipinski definition) is 1. The molecule has 0 bridgehead atoms. The second-order valence-corrected chi connectivity index (χ2v) is 7.12. The Labute approximate surface area is 122 Å². The first kappa shape index (κ1) is 17.0. The zero-order valence-electron chi connectivity index (χ0n) is 13.5. The maximum absolute atomic E-state index is 12.7. The predicted octanol–water partition coefficient (Wildman–Crippen LogP) is 1.08. The lowest BCUT2D eigenvalue weighted by molar-refractivity contribution is -0.145. The summed E-state index contributed by atoms with van der Waals surface area (Å²) in [6.07, 6.45) is 2.40. The van der Waals surface area contributed by atoms with Crippen molar-refractivity contribution >= 4 is 11.8 Å². The van der Waals surface area contributed by atoms with Crippen LogP contribution in [0.4, 0.5) is 0 Å². The van der Waals surface area contributed by atoms with Gasteiger partial charge < -0.3 is 15.5 Å². The molecule has 0 spiro atoms. The summed E-state index contributed by atoms with van der Waals surface area (Å²) in [5, 5.41) is 0. The highest BCUT2D eigenvalue weighted by molar-refractivity contribution is 5.89. The second-order valence-electron chi connectivity index (χ2n) is 7.12. The second kappa shape index (κ2) is 6.57. The van der Waals surface area contributed by atoms with Crippen LogP contribution in [0.1, 0.15) is 40.0 Å². The standard InChI is InChI=1S/C15H29N3O2/c1-15(2,3)9-11(10-16)13(19)18-8-6-7-12(18)14(20)17(4)5/h11-12H,6-10,16H2,1-5H3. The molecule has 2 amide bonds. The largest absolute Gasteiger partial charge is 0.347 e. The van der Waals surface area contributed by atoms with Gasteiger partial charge >= 0.3 is 0 Å². The summed E-state index contributed by atoms with van der Waals surface area (Å²) < 4.78 is 0. The normalized spacial score (nSPS) is 20.9. The van der Waals surface area contributed by atoms with E-state index in [1.165, 1.54) is 0 Å². The Morgan fingerprint density at radius 3 is 2.40 bits per heavy atom. The van der Waals surface area contributed by atoms with Gasteiger partial charge in [0.25, 0.3) is 0 Å². The average molecular weight is 283 g/mol. The summed E-state index contributed by atoms with van der Waals surface area (Å²) in [6, 6.07) is -0.300. The minimum atomic E-state index is -0.300. The van der Waals surface area contributed by atoms with Crippen molar-refractivity contribution in [2.75, 3.05) is 27.2 Å². The molecule has 2 N–H and O–H groups in total. The number of carbonyl (C=O) groups excluding carboxylic acids is 2. The van der Waals surface area contributed by atoms with Crippen molar-refractivity contribution in [3.63, 3.8) is 0 Å². The molecule has 1 rings (SSSR count). The third-order valence-electron chi connectivity index (χ3n) is 3.75. The van der Waals surface area contributed by atoms with Gasteiger partial charge in [0.15, 0.2) is 0 Å². The van der Waals surface area contributed by atoms with Crippen molar-refractivity contribution in [1.82, 2.24) is 9.80 Å². The van der Waals surface area contributed by atoms with E-state index in [2.05, 4.69) is 20.8 Å². The number of likely N-dealkylation sites (tertiary alicyclic amines) is 1. The highest BCUT2D eigenvalue weighted by Crippen LogP contribution is 2.28. The van der Waals surface area contributed by atoms with Crippen molar-refractivity contribution in [2.24, 2.45) is 17.1 Å². The molecule has 5 nitrogen and oxygen atoms in total. The molecule has 1 heterocycles. The Morgan fingerprint density at radius 1 is 1.35 bits per heavy atom. The first-order chi connectivity index (χ1) is 9.17. The van der Waals surface area contributed by atoms with E-state index in [4.69, 9.17) is 5.73 Å². The topological polar surface area (TPSA) is 66.6 Å². The number of nitrogens with two attached hydrogens (primary N) is 1. The van der Waals surface area contributed by atoms with Crippen LogP contribution in [0.2, 0.25) is 0 Å². The minimum Gasteiger partial charge on any atom is -0.347 e. The summed E-state index contributed by atoms with van der Waals surface area (Å²) in [7, 11) is 3.47. The lowest BCUT2D eigenvalue weighted by Gasteiger charge is -2.31. The molecule has 1 aliphatic rings. The van der Waals surface area contributed by atoms with Gasteiger partial charge in [-0.05, 0) is 24.7 Å².